The molecule has 1 aromatic carbocycles. The number of non-ortho nitro benzene ring substituents is 1. The molecule has 0 aliphatic heterocycles. The Hall–Kier alpha value is -2.32. The summed E-state index contributed by atoms with van der Waals surface area (Å²) in [5, 5.41) is 19.0. The molecule has 0 heterocycles. The number of nitro groups is 1. The van der Waals surface area contributed by atoms with Crippen LogP contribution in [0.1, 0.15) is 5.56 Å². The van der Waals surface area contributed by atoms with Gasteiger partial charge < -0.3 is 9.84 Å². The highest BCUT2D eigenvalue weighted by Crippen LogP contribution is 2.29. The number of rotatable bonds is 5. The van der Waals surface area contributed by atoms with Crippen molar-refractivity contribution >= 4 is 11.7 Å². The Bertz CT molecular complexity index is 529. The van der Waals surface area contributed by atoms with E-state index in [4.69, 9.17) is 9.84 Å². The van der Waals surface area contributed by atoms with Crippen LogP contribution in [0.4, 0.5) is 18.9 Å². The van der Waals surface area contributed by atoms with E-state index in [1.165, 1.54) is 19.1 Å². The van der Waals surface area contributed by atoms with Crippen LogP contribution in [0, 0.1) is 23.0 Å². The van der Waals surface area contributed by atoms with E-state index in [0.29, 0.717) is 5.56 Å². The summed E-state index contributed by atoms with van der Waals surface area (Å²) >= 11 is 0. The summed E-state index contributed by atoms with van der Waals surface area (Å²) < 4.78 is 42.0. The number of carboxylic acid groups (broad SMARTS) is 1. The molecule has 0 aliphatic rings. The first-order valence-electron chi connectivity index (χ1n) is 5.30. The van der Waals surface area contributed by atoms with Crippen LogP contribution in [0.25, 0.3) is 0 Å². The maximum atomic E-state index is 12.4. The molecule has 1 atom stereocenters. The Morgan fingerprint density at radius 3 is 2.55 bits per heavy atom. The van der Waals surface area contributed by atoms with Gasteiger partial charge in [0.2, 0.25) is 0 Å². The number of hydrogen-bond acceptors (Lipinski definition) is 4. The molecule has 1 N–H and O–H groups in total. The summed E-state index contributed by atoms with van der Waals surface area (Å²) in [6.07, 6.45) is -4.96. The number of ether oxygens (including phenoxy) is 1. The van der Waals surface area contributed by atoms with Gasteiger partial charge in [0.15, 0.2) is 5.92 Å². The second-order valence-corrected chi connectivity index (χ2v) is 3.95. The van der Waals surface area contributed by atoms with Gasteiger partial charge in [-0.05, 0) is 18.6 Å². The molecular formula is C11H10F3NO5. The molecular weight excluding hydrogens is 283 g/mol. The zero-order valence-corrected chi connectivity index (χ0v) is 10.2. The zero-order chi connectivity index (χ0) is 15.5. The fraction of sp³-hybridized carbons (Fsp3) is 0.364. The minimum Gasteiger partial charge on any atom is -0.492 e. The number of alkyl halides is 3. The third-order valence-electron chi connectivity index (χ3n) is 2.48. The third-order valence-corrected chi connectivity index (χ3v) is 2.48. The summed E-state index contributed by atoms with van der Waals surface area (Å²) in [7, 11) is 0. The van der Waals surface area contributed by atoms with Crippen LogP contribution in [0.5, 0.6) is 5.75 Å². The maximum Gasteiger partial charge on any atom is 0.405 e. The van der Waals surface area contributed by atoms with Gasteiger partial charge in [0.1, 0.15) is 12.4 Å². The van der Waals surface area contributed by atoms with E-state index in [9.17, 15) is 28.1 Å². The van der Waals surface area contributed by atoms with E-state index < -0.39 is 29.6 Å². The van der Waals surface area contributed by atoms with Gasteiger partial charge in [0.25, 0.3) is 5.69 Å². The number of aliphatic carboxylic acids is 1. The molecule has 0 amide bonds. The molecule has 0 radical (unpaired) electrons. The Balaban J connectivity index is 2.91. The van der Waals surface area contributed by atoms with E-state index in [-0.39, 0.29) is 11.4 Å². The van der Waals surface area contributed by atoms with Gasteiger partial charge in [-0.1, -0.05) is 0 Å². The average molecular weight is 293 g/mol. The number of benzene rings is 1. The fourth-order valence-corrected chi connectivity index (χ4v) is 1.34. The van der Waals surface area contributed by atoms with Gasteiger partial charge in [-0.3, -0.25) is 14.9 Å². The van der Waals surface area contributed by atoms with Crippen LogP contribution in [0.2, 0.25) is 0 Å². The lowest BCUT2D eigenvalue weighted by atomic mass is 10.1. The second-order valence-electron chi connectivity index (χ2n) is 3.95. The van der Waals surface area contributed by atoms with Gasteiger partial charge >= 0.3 is 12.1 Å². The molecule has 0 aliphatic carbocycles. The number of halogens is 3. The molecule has 1 rings (SSSR count). The predicted octanol–water partition coefficient (Wildman–Crippen LogP) is 2.55. The largest absolute Gasteiger partial charge is 0.492 e. The van der Waals surface area contributed by atoms with Gasteiger partial charge in [-0.25, -0.2) is 0 Å². The van der Waals surface area contributed by atoms with Crippen LogP contribution in [0.15, 0.2) is 18.2 Å². The smallest absolute Gasteiger partial charge is 0.405 e. The molecule has 9 heteroatoms. The van der Waals surface area contributed by atoms with Crippen LogP contribution >= 0.6 is 0 Å². The lowest BCUT2D eigenvalue weighted by molar-refractivity contribution is -0.385. The number of nitro benzene ring substituents is 1. The number of carboxylic acids is 1. The molecule has 1 aromatic rings. The Morgan fingerprint density at radius 2 is 2.10 bits per heavy atom. The van der Waals surface area contributed by atoms with Crippen molar-refractivity contribution in [2.24, 2.45) is 5.92 Å². The first-order valence-corrected chi connectivity index (χ1v) is 5.30. The lowest BCUT2D eigenvalue weighted by Crippen LogP contribution is -2.35. The summed E-state index contributed by atoms with van der Waals surface area (Å²) in [6.45, 7) is 0.323. The molecule has 0 saturated heterocycles. The number of hydrogen-bond donors (Lipinski definition) is 1. The summed E-state index contributed by atoms with van der Waals surface area (Å²) in [4.78, 5) is 20.3. The predicted molar refractivity (Wildman–Crippen MR) is 60.5 cm³/mol. The highest BCUT2D eigenvalue weighted by molar-refractivity contribution is 5.71. The molecule has 110 valence electrons. The number of carbonyl (C=O) groups is 1. The topological polar surface area (TPSA) is 89.7 Å². The Kier molecular flexibility index (Phi) is 4.53. The van der Waals surface area contributed by atoms with E-state index in [2.05, 4.69) is 0 Å². The lowest BCUT2D eigenvalue weighted by Gasteiger charge is -2.17. The van der Waals surface area contributed by atoms with Crippen LogP contribution in [0.3, 0.4) is 0 Å². The maximum absolute atomic E-state index is 12.4. The third kappa shape index (κ3) is 3.84. The SMILES string of the molecule is Cc1ccc([N+](=O)[O-])cc1OCC(C(=O)O)C(F)(F)F. The molecule has 0 fully saturated rings. The summed E-state index contributed by atoms with van der Waals surface area (Å²) in [5.74, 6) is -4.92. The van der Waals surface area contributed by atoms with E-state index >= 15 is 0 Å². The first-order chi connectivity index (χ1) is 9.12. The van der Waals surface area contributed by atoms with Crippen molar-refractivity contribution in [3.8, 4) is 5.75 Å². The molecule has 0 saturated carbocycles. The minimum atomic E-state index is -4.96. The normalized spacial score (nSPS) is 12.8. The van der Waals surface area contributed by atoms with Crippen LogP contribution in [-0.2, 0) is 4.79 Å². The van der Waals surface area contributed by atoms with Gasteiger partial charge in [0, 0.05) is 6.07 Å². The van der Waals surface area contributed by atoms with Crippen molar-refractivity contribution < 1.29 is 32.7 Å². The molecule has 0 bridgehead atoms. The standard InChI is InChI=1S/C11H10F3NO5/c1-6-2-3-7(15(18)19)4-9(6)20-5-8(10(16)17)11(12,13)14/h2-4,8H,5H2,1H3,(H,16,17). The minimum absolute atomic E-state index is 0.158. The van der Waals surface area contributed by atoms with Crippen molar-refractivity contribution in [1.29, 1.82) is 0 Å². The van der Waals surface area contributed by atoms with E-state index in [0.717, 1.165) is 6.07 Å². The van der Waals surface area contributed by atoms with Gasteiger partial charge in [-0.2, -0.15) is 13.2 Å². The molecule has 20 heavy (non-hydrogen) atoms. The highest BCUT2D eigenvalue weighted by Gasteiger charge is 2.45. The molecule has 6 nitrogen and oxygen atoms in total. The number of nitrogens with zero attached hydrogens (tertiary/aromatic N) is 1. The van der Waals surface area contributed by atoms with Crippen molar-refractivity contribution in [3.63, 3.8) is 0 Å². The van der Waals surface area contributed by atoms with Crippen molar-refractivity contribution in [2.75, 3.05) is 6.61 Å². The van der Waals surface area contributed by atoms with Crippen LogP contribution < -0.4 is 4.74 Å². The Morgan fingerprint density at radius 1 is 1.50 bits per heavy atom. The quantitative estimate of drug-likeness (QED) is 0.665. The molecule has 0 aromatic heterocycles. The first kappa shape index (κ1) is 15.7. The summed E-state index contributed by atoms with van der Waals surface area (Å²) in [6, 6.07) is 3.42. The number of aryl methyl sites for hydroxylation is 1. The molecule has 0 spiro atoms. The van der Waals surface area contributed by atoms with Crippen LogP contribution in [-0.4, -0.2) is 28.8 Å². The monoisotopic (exact) mass is 293 g/mol. The van der Waals surface area contributed by atoms with Gasteiger partial charge in [-0.15, -0.1) is 0 Å². The highest BCUT2D eigenvalue weighted by atomic mass is 19.4. The van der Waals surface area contributed by atoms with Crippen molar-refractivity contribution in [2.45, 2.75) is 13.1 Å². The van der Waals surface area contributed by atoms with Gasteiger partial charge in [0.05, 0.1) is 11.0 Å². The van der Waals surface area contributed by atoms with E-state index in [1.807, 2.05) is 0 Å². The van der Waals surface area contributed by atoms with Crippen molar-refractivity contribution in [1.82, 2.24) is 0 Å². The van der Waals surface area contributed by atoms with Crippen molar-refractivity contribution in [3.05, 3.63) is 33.9 Å². The average Bonchev–Trinajstić information content (AvgIpc) is 2.28. The second kappa shape index (κ2) is 5.76. The molecule has 1 unspecified atom stereocenters. The Labute approximate surface area is 110 Å². The zero-order valence-electron chi connectivity index (χ0n) is 10.2. The van der Waals surface area contributed by atoms with E-state index in [1.54, 1.807) is 0 Å². The summed E-state index contributed by atoms with van der Waals surface area (Å²) in [5.41, 5.74) is 0.00592. The fourth-order valence-electron chi connectivity index (χ4n) is 1.34.